The van der Waals surface area contributed by atoms with Gasteiger partial charge in [-0.3, -0.25) is 9.63 Å². The van der Waals surface area contributed by atoms with Crippen LogP contribution in [0.5, 0.6) is 11.5 Å². The smallest absolute Gasteiger partial charge is 0.256 e. The predicted molar refractivity (Wildman–Crippen MR) is 125 cm³/mol. The molecule has 0 atom stereocenters. The standard InChI is InChI=1S/C26H23N3O4/c1-33-29(25(32)16-19-7-11-21(30)12-8-19)26-23(15-18-5-3-2-4-6-18)28-24(17-27-26)20-9-13-22(31)14-10-20/h2-14,17,30-31H,15-16H2,1H3. The molecule has 166 valence electrons. The summed E-state index contributed by atoms with van der Waals surface area (Å²) in [7, 11) is 1.41. The summed E-state index contributed by atoms with van der Waals surface area (Å²) in [5.74, 6) is 0.297. The second-order valence-electron chi connectivity index (χ2n) is 7.45. The fourth-order valence-electron chi connectivity index (χ4n) is 3.44. The van der Waals surface area contributed by atoms with Crippen LogP contribution in [0.3, 0.4) is 0 Å². The van der Waals surface area contributed by atoms with Crippen molar-refractivity contribution in [2.75, 3.05) is 12.2 Å². The molecular formula is C26H23N3O4. The molecule has 2 N–H and O–H groups in total. The molecule has 0 saturated heterocycles. The molecule has 0 radical (unpaired) electrons. The first kappa shape index (κ1) is 22.0. The minimum Gasteiger partial charge on any atom is -0.508 e. The summed E-state index contributed by atoms with van der Waals surface area (Å²) in [6.45, 7) is 0. The quantitative estimate of drug-likeness (QED) is 0.416. The minimum absolute atomic E-state index is 0.0697. The van der Waals surface area contributed by atoms with Gasteiger partial charge in [0.2, 0.25) is 0 Å². The van der Waals surface area contributed by atoms with Crippen LogP contribution in [0.15, 0.2) is 85.1 Å². The summed E-state index contributed by atoms with van der Waals surface area (Å²) < 4.78 is 0. The highest BCUT2D eigenvalue weighted by Crippen LogP contribution is 2.26. The lowest BCUT2D eigenvalue weighted by Gasteiger charge is -2.21. The van der Waals surface area contributed by atoms with Crippen LogP contribution in [-0.4, -0.2) is 33.2 Å². The van der Waals surface area contributed by atoms with Gasteiger partial charge in [0.25, 0.3) is 5.91 Å². The van der Waals surface area contributed by atoms with Gasteiger partial charge in [0, 0.05) is 12.0 Å². The van der Waals surface area contributed by atoms with Crippen LogP contribution in [0.25, 0.3) is 11.3 Å². The minimum atomic E-state index is -0.316. The lowest BCUT2D eigenvalue weighted by molar-refractivity contribution is -0.124. The van der Waals surface area contributed by atoms with E-state index in [2.05, 4.69) is 4.98 Å². The molecule has 0 unspecified atom stereocenters. The maximum absolute atomic E-state index is 13.1. The van der Waals surface area contributed by atoms with E-state index in [1.165, 1.54) is 19.2 Å². The largest absolute Gasteiger partial charge is 0.508 e. The van der Waals surface area contributed by atoms with Gasteiger partial charge in [0.1, 0.15) is 11.5 Å². The van der Waals surface area contributed by atoms with Gasteiger partial charge in [0.15, 0.2) is 5.82 Å². The van der Waals surface area contributed by atoms with Gasteiger partial charge in [-0.15, -0.1) is 0 Å². The number of phenols is 2. The fraction of sp³-hybridized carbons (Fsp3) is 0.115. The first-order valence-corrected chi connectivity index (χ1v) is 10.4. The summed E-state index contributed by atoms with van der Waals surface area (Å²) in [5, 5.41) is 20.2. The fourth-order valence-corrected chi connectivity index (χ4v) is 3.44. The van der Waals surface area contributed by atoms with Gasteiger partial charge in [-0.1, -0.05) is 42.5 Å². The Morgan fingerprint density at radius 1 is 0.879 bits per heavy atom. The molecule has 1 amide bonds. The molecule has 0 aliphatic heterocycles. The van der Waals surface area contributed by atoms with Crippen LogP contribution >= 0.6 is 0 Å². The first-order valence-electron chi connectivity index (χ1n) is 10.4. The molecule has 0 spiro atoms. The molecule has 0 saturated carbocycles. The molecule has 7 heteroatoms. The Balaban J connectivity index is 1.70. The van der Waals surface area contributed by atoms with Crippen molar-refractivity contribution in [3.63, 3.8) is 0 Å². The van der Waals surface area contributed by atoms with Crippen LogP contribution in [0.1, 0.15) is 16.8 Å². The average Bonchev–Trinajstić information content (AvgIpc) is 2.83. The Morgan fingerprint density at radius 3 is 2.15 bits per heavy atom. The third-order valence-electron chi connectivity index (χ3n) is 5.09. The monoisotopic (exact) mass is 441 g/mol. The summed E-state index contributed by atoms with van der Waals surface area (Å²) in [5.41, 5.74) is 3.73. The van der Waals surface area contributed by atoms with Gasteiger partial charge in [-0.05, 0) is 47.5 Å². The second-order valence-corrected chi connectivity index (χ2v) is 7.45. The Labute approximate surface area is 191 Å². The summed E-state index contributed by atoms with van der Waals surface area (Å²) in [4.78, 5) is 27.8. The van der Waals surface area contributed by atoms with Crippen LogP contribution in [0.2, 0.25) is 0 Å². The normalized spacial score (nSPS) is 10.7. The molecule has 7 nitrogen and oxygen atoms in total. The van der Waals surface area contributed by atoms with E-state index in [1.54, 1.807) is 42.6 Å². The van der Waals surface area contributed by atoms with E-state index in [1.807, 2.05) is 30.3 Å². The maximum atomic E-state index is 13.1. The summed E-state index contributed by atoms with van der Waals surface area (Å²) >= 11 is 0. The second kappa shape index (κ2) is 9.93. The molecule has 0 aliphatic carbocycles. The van der Waals surface area contributed by atoms with Gasteiger partial charge in [-0.25, -0.2) is 9.97 Å². The van der Waals surface area contributed by atoms with Crippen molar-refractivity contribution >= 4 is 11.7 Å². The predicted octanol–water partition coefficient (Wildman–Crippen LogP) is 4.28. The number of nitrogens with zero attached hydrogens (tertiary/aromatic N) is 3. The Hall–Kier alpha value is -4.23. The molecule has 33 heavy (non-hydrogen) atoms. The molecule has 4 rings (SSSR count). The van der Waals surface area contributed by atoms with Crippen molar-refractivity contribution in [3.8, 4) is 22.8 Å². The van der Waals surface area contributed by atoms with Crippen LogP contribution in [0, 0.1) is 0 Å². The Morgan fingerprint density at radius 2 is 1.52 bits per heavy atom. The number of aromatic nitrogens is 2. The molecule has 0 aliphatic rings. The topological polar surface area (TPSA) is 95.8 Å². The molecule has 4 aromatic rings. The number of amides is 1. The van der Waals surface area contributed by atoms with Gasteiger partial charge < -0.3 is 10.2 Å². The van der Waals surface area contributed by atoms with Gasteiger partial charge in [0.05, 0.1) is 31.1 Å². The van der Waals surface area contributed by atoms with Crippen LogP contribution in [0.4, 0.5) is 5.82 Å². The highest BCUT2D eigenvalue weighted by atomic mass is 16.7. The number of hydroxylamine groups is 1. The third kappa shape index (κ3) is 5.34. The zero-order chi connectivity index (χ0) is 23.2. The number of phenolic OH excluding ortho intramolecular Hbond substituents is 2. The Bertz CT molecular complexity index is 1230. The lowest BCUT2D eigenvalue weighted by atomic mass is 10.1. The number of benzene rings is 3. The number of hydrogen-bond donors (Lipinski definition) is 2. The van der Waals surface area contributed by atoms with E-state index >= 15 is 0 Å². The van der Waals surface area contributed by atoms with Crippen molar-refractivity contribution in [1.82, 2.24) is 9.97 Å². The van der Waals surface area contributed by atoms with Crippen molar-refractivity contribution in [3.05, 3.63) is 102 Å². The number of rotatable bonds is 7. The highest BCUT2D eigenvalue weighted by molar-refractivity contribution is 5.92. The molecule has 0 fully saturated rings. The molecule has 1 heterocycles. The number of hydrogen-bond acceptors (Lipinski definition) is 6. The van der Waals surface area contributed by atoms with E-state index in [0.717, 1.165) is 21.8 Å². The lowest BCUT2D eigenvalue weighted by Crippen LogP contribution is -2.33. The molecule has 0 bridgehead atoms. The molecule has 3 aromatic carbocycles. The van der Waals surface area contributed by atoms with Crippen LogP contribution in [-0.2, 0) is 22.5 Å². The van der Waals surface area contributed by atoms with Gasteiger partial charge >= 0.3 is 0 Å². The Kier molecular flexibility index (Phi) is 6.61. The zero-order valence-corrected chi connectivity index (χ0v) is 18.0. The van der Waals surface area contributed by atoms with Crippen molar-refractivity contribution in [2.24, 2.45) is 0 Å². The molecular weight excluding hydrogens is 418 g/mol. The third-order valence-corrected chi connectivity index (χ3v) is 5.09. The summed E-state index contributed by atoms with van der Waals surface area (Å²) in [6, 6.07) is 22.9. The molecule has 1 aromatic heterocycles. The summed E-state index contributed by atoms with van der Waals surface area (Å²) in [6.07, 6.45) is 2.10. The van der Waals surface area contributed by atoms with Crippen molar-refractivity contribution in [2.45, 2.75) is 12.8 Å². The number of aromatic hydroxyl groups is 2. The number of carbonyl (C=O) groups is 1. The maximum Gasteiger partial charge on any atom is 0.256 e. The van der Waals surface area contributed by atoms with E-state index in [4.69, 9.17) is 9.82 Å². The van der Waals surface area contributed by atoms with Crippen molar-refractivity contribution in [1.29, 1.82) is 0 Å². The van der Waals surface area contributed by atoms with Crippen molar-refractivity contribution < 1.29 is 19.8 Å². The van der Waals surface area contributed by atoms with Gasteiger partial charge in [-0.2, -0.15) is 5.06 Å². The zero-order valence-electron chi connectivity index (χ0n) is 18.0. The van der Waals surface area contributed by atoms with Crippen LogP contribution < -0.4 is 5.06 Å². The number of anilines is 1. The van der Waals surface area contributed by atoms with E-state index in [0.29, 0.717) is 23.6 Å². The average molecular weight is 441 g/mol. The highest BCUT2D eigenvalue weighted by Gasteiger charge is 2.23. The van der Waals surface area contributed by atoms with E-state index in [-0.39, 0.29) is 23.8 Å². The first-order chi connectivity index (χ1) is 16.0. The van der Waals surface area contributed by atoms with E-state index in [9.17, 15) is 15.0 Å². The number of carbonyl (C=O) groups excluding carboxylic acids is 1. The SMILES string of the molecule is CON(C(=O)Cc1ccc(O)cc1)c1ncc(-c2ccc(O)cc2)nc1Cc1ccccc1. The van der Waals surface area contributed by atoms with E-state index < -0.39 is 0 Å².